The van der Waals surface area contributed by atoms with E-state index in [-0.39, 0.29) is 62.1 Å². The monoisotopic (exact) mass is 588 g/mol. The molecular formula is C30H44N4O8. The summed E-state index contributed by atoms with van der Waals surface area (Å²) in [5, 5.41) is 11.0. The number of unbranched alkanes of at least 4 members (excludes halogenated alkanes) is 2. The largest absolute Gasteiger partial charge is 0.449 e. The standard InChI is InChI=1S/C30H44N4O8/c1-6-42-30(40)32(5)25(35)15-9-10-16-31(4)27(37)22(19-21(2)3)20-26(36)34(41)18-12-11-17-33-28(38)23-13-7-8-14-24(23)29(33)39/h7-8,13-14,21-22,41H,6,9-12,15-20H2,1-5H3/t22-/m0/s1. The van der Waals surface area contributed by atoms with Crippen LogP contribution in [0.2, 0.25) is 0 Å². The van der Waals surface area contributed by atoms with Crippen LogP contribution >= 0.6 is 0 Å². The maximum Gasteiger partial charge on any atom is 0.416 e. The Morgan fingerprint density at radius 1 is 0.905 bits per heavy atom. The van der Waals surface area contributed by atoms with Gasteiger partial charge < -0.3 is 9.64 Å². The van der Waals surface area contributed by atoms with Crippen molar-refractivity contribution in [2.24, 2.45) is 11.8 Å². The van der Waals surface area contributed by atoms with Gasteiger partial charge in [0.25, 0.3) is 11.8 Å². The first-order valence-corrected chi connectivity index (χ1v) is 14.5. The van der Waals surface area contributed by atoms with Gasteiger partial charge in [0.05, 0.1) is 17.7 Å². The summed E-state index contributed by atoms with van der Waals surface area (Å²) < 4.78 is 4.81. The fourth-order valence-electron chi connectivity index (χ4n) is 4.79. The predicted molar refractivity (Wildman–Crippen MR) is 153 cm³/mol. The number of hydroxylamine groups is 2. The van der Waals surface area contributed by atoms with Crippen molar-refractivity contribution in [2.75, 3.05) is 40.3 Å². The van der Waals surface area contributed by atoms with E-state index in [1.165, 1.54) is 16.8 Å². The average molecular weight is 589 g/mol. The molecule has 0 saturated heterocycles. The quantitative estimate of drug-likeness (QED) is 0.134. The van der Waals surface area contributed by atoms with Gasteiger partial charge in [0.15, 0.2) is 0 Å². The Morgan fingerprint density at radius 2 is 1.50 bits per heavy atom. The molecule has 1 N–H and O–H groups in total. The number of rotatable bonds is 16. The summed E-state index contributed by atoms with van der Waals surface area (Å²) in [6.45, 7) is 6.30. The van der Waals surface area contributed by atoms with E-state index in [0.717, 1.165) is 4.90 Å². The molecule has 6 amide bonds. The SMILES string of the molecule is CCOC(=O)N(C)C(=O)CCCCN(C)C(=O)[C@H](CC(=O)N(O)CCCCN1C(=O)c2ccccc2C1=O)CC(C)C. The molecule has 2 rings (SSSR count). The summed E-state index contributed by atoms with van der Waals surface area (Å²) in [6.07, 6.45) is 1.53. The lowest BCUT2D eigenvalue weighted by atomic mass is 9.92. The molecule has 0 unspecified atom stereocenters. The van der Waals surface area contributed by atoms with Gasteiger partial charge in [0, 0.05) is 52.5 Å². The van der Waals surface area contributed by atoms with Crippen LogP contribution in [0.4, 0.5) is 4.79 Å². The van der Waals surface area contributed by atoms with Crippen LogP contribution in [-0.2, 0) is 19.1 Å². The molecule has 1 heterocycles. The molecule has 0 radical (unpaired) electrons. The third-order valence-electron chi connectivity index (χ3n) is 7.12. The highest BCUT2D eigenvalue weighted by molar-refractivity contribution is 6.21. The molecule has 0 bridgehead atoms. The molecule has 0 spiro atoms. The summed E-state index contributed by atoms with van der Waals surface area (Å²) >= 11 is 0. The van der Waals surface area contributed by atoms with Gasteiger partial charge in [-0.25, -0.2) is 9.86 Å². The van der Waals surface area contributed by atoms with Crippen molar-refractivity contribution < 1.29 is 38.7 Å². The molecule has 1 aliphatic rings. The molecule has 12 heteroatoms. The van der Waals surface area contributed by atoms with Crippen molar-refractivity contribution in [3.63, 3.8) is 0 Å². The Labute approximate surface area is 247 Å². The lowest BCUT2D eigenvalue weighted by Crippen LogP contribution is -2.38. The van der Waals surface area contributed by atoms with Crippen molar-refractivity contribution in [3.8, 4) is 0 Å². The number of carbonyl (C=O) groups is 6. The Hall–Kier alpha value is -3.80. The number of hydrogen-bond acceptors (Lipinski definition) is 8. The van der Waals surface area contributed by atoms with Crippen molar-refractivity contribution in [1.29, 1.82) is 0 Å². The van der Waals surface area contributed by atoms with Crippen LogP contribution in [0.3, 0.4) is 0 Å². The molecule has 0 aliphatic carbocycles. The molecule has 0 aromatic heterocycles. The molecule has 12 nitrogen and oxygen atoms in total. The van der Waals surface area contributed by atoms with E-state index in [9.17, 15) is 34.0 Å². The Morgan fingerprint density at radius 3 is 2.07 bits per heavy atom. The number of hydrogen-bond donors (Lipinski definition) is 1. The second-order valence-electron chi connectivity index (χ2n) is 10.9. The molecule has 0 fully saturated rings. The Balaban J connectivity index is 1.78. The minimum absolute atomic E-state index is 0.00864. The van der Waals surface area contributed by atoms with Crippen molar-refractivity contribution >= 4 is 35.6 Å². The fraction of sp³-hybridized carbons (Fsp3) is 0.600. The zero-order valence-electron chi connectivity index (χ0n) is 25.3. The van der Waals surface area contributed by atoms with Crippen LogP contribution in [-0.4, -0.2) is 101 Å². The highest BCUT2D eigenvalue weighted by Gasteiger charge is 2.34. The first-order chi connectivity index (χ1) is 19.9. The van der Waals surface area contributed by atoms with E-state index < -0.39 is 17.9 Å². The number of ether oxygens (including phenoxy) is 1. The smallest absolute Gasteiger partial charge is 0.416 e. The number of benzene rings is 1. The molecule has 1 atom stereocenters. The molecule has 1 aliphatic heterocycles. The van der Waals surface area contributed by atoms with E-state index in [2.05, 4.69) is 0 Å². The van der Waals surface area contributed by atoms with Gasteiger partial charge in [-0.15, -0.1) is 0 Å². The number of fused-ring (bicyclic) bond motifs is 1. The van der Waals surface area contributed by atoms with Gasteiger partial charge in [-0.1, -0.05) is 26.0 Å². The van der Waals surface area contributed by atoms with Gasteiger partial charge in [0.1, 0.15) is 0 Å². The second kappa shape index (κ2) is 16.6. The van der Waals surface area contributed by atoms with E-state index in [1.54, 1.807) is 38.2 Å². The maximum absolute atomic E-state index is 13.2. The number of imide groups is 2. The first-order valence-electron chi connectivity index (χ1n) is 14.5. The minimum Gasteiger partial charge on any atom is -0.449 e. The van der Waals surface area contributed by atoms with Crippen LogP contribution in [0.5, 0.6) is 0 Å². The summed E-state index contributed by atoms with van der Waals surface area (Å²) in [6, 6.07) is 6.64. The molecule has 42 heavy (non-hydrogen) atoms. The van der Waals surface area contributed by atoms with Crippen LogP contribution in [0.25, 0.3) is 0 Å². The van der Waals surface area contributed by atoms with Crippen LogP contribution in [0, 0.1) is 11.8 Å². The minimum atomic E-state index is -0.698. The lowest BCUT2D eigenvalue weighted by Gasteiger charge is -2.26. The highest BCUT2D eigenvalue weighted by atomic mass is 16.6. The predicted octanol–water partition coefficient (Wildman–Crippen LogP) is 3.58. The molecule has 232 valence electrons. The van der Waals surface area contributed by atoms with Crippen molar-refractivity contribution in [2.45, 2.75) is 65.7 Å². The highest BCUT2D eigenvalue weighted by Crippen LogP contribution is 2.23. The first kappa shape index (κ1) is 34.4. The van der Waals surface area contributed by atoms with Gasteiger partial charge in [-0.2, -0.15) is 0 Å². The van der Waals surface area contributed by atoms with Crippen molar-refractivity contribution in [3.05, 3.63) is 35.4 Å². The van der Waals surface area contributed by atoms with Gasteiger partial charge in [-0.05, 0) is 57.1 Å². The summed E-state index contributed by atoms with van der Waals surface area (Å²) in [5.74, 6) is -2.32. The van der Waals surface area contributed by atoms with E-state index in [0.29, 0.717) is 54.8 Å². The maximum atomic E-state index is 13.2. The third kappa shape index (κ3) is 9.64. The van der Waals surface area contributed by atoms with Crippen molar-refractivity contribution in [1.82, 2.24) is 19.8 Å². The third-order valence-corrected chi connectivity index (χ3v) is 7.12. The zero-order chi connectivity index (χ0) is 31.4. The summed E-state index contributed by atoms with van der Waals surface area (Å²) in [7, 11) is 3.01. The van der Waals surface area contributed by atoms with E-state index in [4.69, 9.17) is 4.74 Å². The Bertz CT molecular complexity index is 1100. The van der Waals surface area contributed by atoms with Gasteiger partial charge >= 0.3 is 6.09 Å². The zero-order valence-corrected chi connectivity index (χ0v) is 25.3. The fourth-order valence-corrected chi connectivity index (χ4v) is 4.79. The topological polar surface area (TPSA) is 145 Å². The molecule has 0 saturated carbocycles. The van der Waals surface area contributed by atoms with Crippen LogP contribution in [0.1, 0.15) is 86.4 Å². The number of nitrogens with zero attached hydrogens (tertiary/aromatic N) is 4. The van der Waals surface area contributed by atoms with E-state index >= 15 is 0 Å². The van der Waals surface area contributed by atoms with E-state index in [1.807, 2.05) is 13.8 Å². The Kier molecular flexibility index (Phi) is 13.6. The average Bonchev–Trinajstić information content (AvgIpc) is 3.20. The second-order valence-corrected chi connectivity index (χ2v) is 10.9. The molecule has 1 aromatic rings. The van der Waals surface area contributed by atoms with Gasteiger partial charge in [0.2, 0.25) is 17.7 Å². The van der Waals surface area contributed by atoms with Crippen LogP contribution < -0.4 is 0 Å². The molecule has 1 aromatic carbocycles. The van der Waals surface area contributed by atoms with Crippen LogP contribution in [0.15, 0.2) is 24.3 Å². The summed E-state index contributed by atoms with van der Waals surface area (Å²) in [4.78, 5) is 78.3. The lowest BCUT2D eigenvalue weighted by molar-refractivity contribution is -0.168. The van der Waals surface area contributed by atoms with Gasteiger partial charge in [-0.3, -0.25) is 39.0 Å². The number of amides is 6. The molecular weight excluding hydrogens is 544 g/mol. The normalized spacial score (nSPS) is 13.2. The number of carbonyl (C=O) groups excluding carboxylic acids is 6. The summed E-state index contributed by atoms with van der Waals surface area (Å²) in [5.41, 5.74) is 0.754.